The monoisotopic (exact) mass is 190 g/mol. The van der Waals surface area contributed by atoms with Crippen molar-refractivity contribution in [2.75, 3.05) is 0 Å². The number of hydrogen-bond acceptors (Lipinski definition) is 0. The van der Waals surface area contributed by atoms with E-state index >= 15 is 0 Å². The molecule has 2 rings (SSSR count). The predicted octanol–water partition coefficient (Wildman–Crippen LogP) is 4.34. The summed E-state index contributed by atoms with van der Waals surface area (Å²) in [6, 6.07) is 0. The molecule has 2 aliphatic rings. The van der Waals surface area contributed by atoms with E-state index in [1.54, 1.807) is 11.1 Å². The summed E-state index contributed by atoms with van der Waals surface area (Å²) in [4.78, 5) is 0. The molecule has 0 nitrogen and oxygen atoms in total. The van der Waals surface area contributed by atoms with Crippen molar-refractivity contribution < 1.29 is 0 Å². The summed E-state index contributed by atoms with van der Waals surface area (Å²) in [7, 11) is 0. The highest BCUT2D eigenvalue weighted by atomic mass is 14.3. The van der Waals surface area contributed by atoms with Crippen LogP contribution >= 0.6 is 0 Å². The summed E-state index contributed by atoms with van der Waals surface area (Å²) in [5.41, 5.74) is 3.34. The molecule has 0 saturated carbocycles. The van der Waals surface area contributed by atoms with E-state index in [-0.39, 0.29) is 0 Å². The van der Waals surface area contributed by atoms with Gasteiger partial charge in [0, 0.05) is 0 Å². The van der Waals surface area contributed by atoms with Crippen molar-refractivity contribution in [1.29, 1.82) is 0 Å². The fourth-order valence-corrected chi connectivity index (χ4v) is 2.83. The topological polar surface area (TPSA) is 0 Å². The highest BCUT2D eigenvalue weighted by molar-refractivity contribution is 5.24. The third-order valence-corrected chi connectivity index (χ3v) is 3.91. The van der Waals surface area contributed by atoms with E-state index in [1.165, 1.54) is 25.7 Å². The Morgan fingerprint density at radius 1 is 1.29 bits per heavy atom. The minimum absolute atomic E-state index is 0.829. The van der Waals surface area contributed by atoms with Gasteiger partial charge >= 0.3 is 0 Å². The zero-order valence-electron chi connectivity index (χ0n) is 9.72. The molecule has 0 heterocycles. The highest BCUT2D eigenvalue weighted by Gasteiger charge is 2.25. The van der Waals surface area contributed by atoms with Gasteiger partial charge in [0.2, 0.25) is 0 Å². The van der Waals surface area contributed by atoms with E-state index in [9.17, 15) is 0 Å². The summed E-state index contributed by atoms with van der Waals surface area (Å²) >= 11 is 0. The lowest BCUT2D eigenvalue weighted by Crippen LogP contribution is -2.19. The van der Waals surface area contributed by atoms with Gasteiger partial charge in [0.1, 0.15) is 0 Å². The van der Waals surface area contributed by atoms with Crippen LogP contribution in [-0.2, 0) is 0 Å². The van der Waals surface area contributed by atoms with Gasteiger partial charge in [-0.2, -0.15) is 0 Å². The maximum absolute atomic E-state index is 2.59. The molecule has 0 aromatic carbocycles. The summed E-state index contributed by atoms with van der Waals surface area (Å²) in [5, 5.41) is 0. The molecule has 2 atom stereocenters. The molecule has 0 heteroatoms. The normalized spacial score (nSPS) is 32.3. The molecule has 0 amide bonds. The van der Waals surface area contributed by atoms with Gasteiger partial charge in [0.25, 0.3) is 0 Å². The minimum Gasteiger partial charge on any atom is -0.0815 e. The molecule has 0 saturated heterocycles. The van der Waals surface area contributed by atoms with Gasteiger partial charge in [0.15, 0.2) is 0 Å². The molecule has 0 bridgehead atoms. The molecule has 0 aromatic rings. The van der Waals surface area contributed by atoms with Crippen LogP contribution in [0, 0.1) is 17.8 Å². The molecule has 2 aliphatic carbocycles. The first-order valence-electron chi connectivity index (χ1n) is 6.03. The van der Waals surface area contributed by atoms with Gasteiger partial charge in [-0.05, 0) is 50.4 Å². The van der Waals surface area contributed by atoms with E-state index in [4.69, 9.17) is 0 Å². The number of allylic oxidation sites excluding steroid dienone is 4. The molecule has 0 aromatic heterocycles. The first-order valence-corrected chi connectivity index (χ1v) is 6.03. The molecule has 0 radical (unpaired) electrons. The van der Waals surface area contributed by atoms with Gasteiger partial charge in [0.05, 0.1) is 0 Å². The number of hydrogen-bond donors (Lipinski definition) is 0. The predicted molar refractivity (Wildman–Crippen MR) is 62.1 cm³/mol. The van der Waals surface area contributed by atoms with Crippen molar-refractivity contribution in [3.63, 3.8) is 0 Å². The van der Waals surface area contributed by atoms with Crippen LogP contribution in [-0.4, -0.2) is 0 Å². The van der Waals surface area contributed by atoms with E-state index in [0.29, 0.717) is 0 Å². The molecular formula is C14H22. The smallest absolute Gasteiger partial charge is 0.0133 e. The van der Waals surface area contributed by atoms with Crippen LogP contribution in [0.1, 0.15) is 46.5 Å². The summed E-state index contributed by atoms with van der Waals surface area (Å²) in [6.45, 7) is 6.99. The first kappa shape index (κ1) is 10.0. The molecule has 0 fully saturated rings. The van der Waals surface area contributed by atoms with Gasteiger partial charge in [-0.3, -0.25) is 0 Å². The average molecular weight is 190 g/mol. The van der Waals surface area contributed by atoms with Crippen LogP contribution < -0.4 is 0 Å². The second-order valence-electron chi connectivity index (χ2n) is 5.38. The Bertz CT molecular complexity index is 268. The highest BCUT2D eigenvalue weighted by Crippen LogP contribution is 2.39. The van der Waals surface area contributed by atoms with Crippen molar-refractivity contribution in [2.24, 2.45) is 17.8 Å². The molecule has 14 heavy (non-hydrogen) atoms. The van der Waals surface area contributed by atoms with E-state index in [0.717, 1.165) is 17.8 Å². The summed E-state index contributed by atoms with van der Waals surface area (Å²) < 4.78 is 0. The Kier molecular flexibility index (Phi) is 2.80. The summed E-state index contributed by atoms with van der Waals surface area (Å²) in [6.07, 6.45) is 10.4. The number of fused-ring (bicyclic) bond motifs is 1. The van der Waals surface area contributed by atoms with Gasteiger partial charge < -0.3 is 0 Å². The standard InChI is InChI=1S/C14H22/c1-10(2)12-6-7-13-8-11(3)4-5-14(13)9-12/h4,9-10,12-13H,5-8H2,1-3H3. The Balaban J connectivity index is 2.14. The molecule has 0 N–H and O–H groups in total. The fourth-order valence-electron chi connectivity index (χ4n) is 2.83. The molecule has 78 valence electrons. The van der Waals surface area contributed by atoms with E-state index < -0.39 is 0 Å². The van der Waals surface area contributed by atoms with Crippen LogP contribution in [0.5, 0.6) is 0 Å². The second-order valence-corrected chi connectivity index (χ2v) is 5.38. The van der Waals surface area contributed by atoms with Crippen LogP contribution in [0.25, 0.3) is 0 Å². The molecular weight excluding hydrogens is 168 g/mol. The van der Waals surface area contributed by atoms with Crippen molar-refractivity contribution in [1.82, 2.24) is 0 Å². The second kappa shape index (κ2) is 3.92. The van der Waals surface area contributed by atoms with Crippen molar-refractivity contribution >= 4 is 0 Å². The van der Waals surface area contributed by atoms with Crippen LogP contribution in [0.3, 0.4) is 0 Å². The lowest BCUT2D eigenvalue weighted by atomic mass is 9.73. The van der Waals surface area contributed by atoms with Crippen molar-refractivity contribution in [3.8, 4) is 0 Å². The first-order chi connectivity index (χ1) is 6.66. The van der Waals surface area contributed by atoms with Gasteiger partial charge in [-0.1, -0.05) is 37.1 Å². The minimum atomic E-state index is 0.829. The molecule has 2 unspecified atom stereocenters. The van der Waals surface area contributed by atoms with Gasteiger partial charge in [-0.15, -0.1) is 0 Å². The Hall–Kier alpha value is -0.520. The summed E-state index contributed by atoms with van der Waals surface area (Å²) in [5.74, 6) is 2.58. The average Bonchev–Trinajstić information content (AvgIpc) is 2.16. The van der Waals surface area contributed by atoms with Crippen molar-refractivity contribution in [2.45, 2.75) is 46.5 Å². The maximum Gasteiger partial charge on any atom is -0.0133 e. The third-order valence-electron chi connectivity index (χ3n) is 3.91. The molecule has 0 aliphatic heterocycles. The zero-order chi connectivity index (χ0) is 10.1. The quantitative estimate of drug-likeness (QED) is 0.540. The van der Waals surface area contributed by atoms with Crippen LogP contribution in [0.15, 0.2) is 23.3 Å². The SMILES string of the molecule is CC1=CCC2=CC(C(C)C)CCC2C1. The maximum atomic E-state index is 2.59. The Labute approximate surface area is 88.1 Å². The fraction of sp³-hybridized carbons (Fsp3) is 0.714. The molecule has 0 spiro atoms. The van der Waals surface area contributed by atoms with E-state index in [1.807, 2.05) is 0 Å². The van der Waals surface area contributed by atoms with E-state index in [2.05, 4.69) is 32.9 Å². The lowest BCUT2D eigenvalue weighted by molar-refractivity contribution is 0.354. The lowest BCUT2D eigenvalue weighted by Gasteiger charge is -2.33. The van der Waals surface area contributed by atoms with Crippen LogP contribution in [0.4, 0.5) is 0 Å². The van der Waals surface area contributed by atoms with Crippen molar-refractivity contribution in [3.05, 3.63) is 23.3 Å². The third kappa shape index (κ3) is 1.94. The Morgan fingerprint density at radius 3 is 2.79 bits per heavy atom. The number of rotatable bonds is 1. The van der Waals surface area contributed by atoms with Crippen LogP contribution in [0.2, 0.25) is 0 Å². The zero-order valence-corrected chi connectivity index (χ0v) is 9.72. The largest absolute Gasteiger partial charge is 0.0815 e. The Morgan fingerprint density at radius 2 is 2.07 bits per heavy atom. The van der Waals surface area contributed by atoms with Gasteiger partial charge in [-0.25, -0.2) is 0 Å².